The second-order valence-corrected chi connectivity index (χ2v) is 6.08. The molecule has 0 aliphatic heterocycles. The summed E-state index contributed by atoms with van der Waals surface area (Å²) >= 11 is 4.36. The molecule has 7 nitrogen and oxygen atoms in total. The van der Waals surface area contributed by atoms with Crippen LogP contribution in [0.2, 0.25) is 0 Å². The van der Waals surface area contributed by atoms with Gasteiger partial charge in [-0.3, -0.25) is 9.69 Å². The van der Waals surface area contributed by atoms with E-state index in [9.17, 15) is 4.79 Å². The zero-order valence-electron chi connectivity index (χ0n) is 10.2. The molecule has 9 heteroatoms. The second kappa shape index (κ2) is 5.71. The molecule has 0 saturated carbocycles. The summed E-state index contributed by atoms with van der Waals surface area (Å²) in [4.78, 5) is 38.9. The molecule has 0 aromatic carbocycles. The van der Waals surface area contributed by atoms with Crippen LogP contribution in [0.3, 0.4) is 0 Å². The number of carbonyl (C=O) groups is 1. The van der Waals surface area contributed by atoms with Crippen molar-refractivity contribution in [1.29, 1.82) is 0 Å². The molecular formula is C9H14N3O4PS. The second-order valence-electron chi connectivity index (χ2n) is 3.49. The zero-order valence-corrected chi connectivity index (χ0v) is 11.9. The lowest BCUT2D eigenvalue weighted by Crippen LogP contribution is -2.30. The molecule has 0 radical (unpaired) electrons. The molecule has 1 aromatic rings. The highest BCUT2D eigenvalue weighted by Gasteiger charge is 2.17. The molecule has 0 atom stereocenters. The molecule has 18 heavy (non-hydrogen) atoms. The number of aryl methyl sites for hydroxylation is 1. The predicted octanol–water partition coefficient (Wildman–Crippen LogP) is 0.746. The Bertz CT molecular complexity index is 505. The smallest absolute Gasteiger partial charge is 0.376 e. The molecule has 100 valence electrons. The van der Waals surface area contributed by atoms with Crippen molar-refractivity contribution >= 4 is 30.4 Å². The van der Waals surface area contributed by atoms with Gasteiger partial charge in [0.25, 0.3) is 0 Å². The first-order valence-electron chi connectivity index (χ1n) is 5.12. The third-order valence-electron chi connectivity index (χ3n) is 1.97. The molecular weight excluding hydrogens is 277 g/mol. The van der Waals surface area contributed by atoms with E-state index in [0.29, 0.717) is 12.2 Å². The number of amides is 1. The maximum atomic E-state index is 11.4. The van der Waals surface area contributed by atoms with Gasteiger partial charge in [0.05, 0.1) is 0 Å². The molecule has 0 fully saturated rings. The maximum absolute atomic E-state index is 11.4. The fourth-order valence-corrected chi connectivity index (χ4v) is 1.89. The fraction of sp³-hybridized carbons (Fsp3) is 0.444. The van der Waals surface area contributed by atoms with Crippen molar-refractivity contribution in [3.63, 3.8) is 0 Å². The summed E-state index contributed by atoms with van der Waals surface area (Å²) in [5.41, 5.74) is 0.526. The topological polar surface area (TPSA) is 95.8 Å². The van der Waals surface area contributed by atoms with E-state index in [2.05, 4.69) is 21.8 Å². The van der Waals surface area contributed by atoms with Gasteiger partial charge in [-0.05, 0) is 13.8 Å². The summed E-state index contributed by atoms with van der Waals surface area (Å²) in [5.74, 6) is -0.143. The van der Waals surface area contributed by atoms with Gasteiger partial charge in [-0.1, -0.05) is 0 Å². The average molecular weight is 291 g/mol. The molecule has 1 amide bonds. The van der Waals surface area contributed by atoms with Gasteiger partial charge < -0.3 is 14.3 Å². The number of rotatable bonds is 4. The Morgan fingerprint density at radius 3 is 2.61 bits per heavy atom. The summed E-state index contributed by atoms with van der Waals surface area (Å²) in [7, 11) is 0. The van der Waals surface area contributed by atoms with Crippen molar-refractivity contribution in [2.24, 2.45) is 0 Å². The molecule has 0 aliphatic rings. The molecule has 0 aliphatic carbocycles. The minimum absolute atomic E-state index is 0.0643. The van der Waals surface area contributed by atoms with Crippen LogP contribution in [-0.4, -0.2) is 32.2 Å². The monoisotopic (exact) mass is 291 g/mol. The van der Waals surface area contributed by atoms with Crippen LogP contribution in [-0.2, 0) is 16.6 Å². The standard InChI is InChI=1S/C9H14N3O4PS/c1-4-12(7(3)13)9-10-6(2)5-8(11-9)16-17(14,15)18/h5H,4H2,1-3H3,(H2,14,15,18). The fourth-order valence-electron chi connectivity index (χ4n) is 1.32. The van der Waals surface area contributed by atoms with Gasteiger partial charge in [0, 0.05) is 37.0 Å². The van der Waals surface area contributed by atoms with Crippen LogP contribution >= 0.6 is 6.72 Å². The molecule has 0 unspecified atom stereocenters. The third kappa shape index (κ3) is 4.30. The summed E-state index contributed by atoms with van der Waals surface area (Å²) in [6.45, 7) is 1.38. The number of carbonyl (C=O) groups excluding carboxylic acids is 1. The molecule has 0 spiro atoms. The third-order valence-corrected chi connectivity index (χ3v) is 2.62. The van der Waals surface area contributed by atoms with E-state index in [1.165, 1.54) is 17.9 Å². The van der Waals surface area contributed by atoms with E-state index < -0.39 is 6.72 Å². The van der Waals surface area contributed by atoms with Crippen molar-refractivity contribution in [2.45, 2.75) is 20.8 Å². The molecule has 0 saturated heterocycles. The zero-order chi connectivity index (χ0) is 13.9. The predicted molar refractivity (Wildman–Crippen MR) is 69.8 cm³/mol. The van der Waals surface area contributed by atoms with E-state index >= 15 is 0 Å². The highest BCUT2D eigenvalue weighted by Crippen LogP contribution is 2.37. The van der Waals surface area contributed by atoms with Crippen molar-refractivity contribution in [1.82, 2.24) is 9.97 Å². The number of anilines is 1. The first kappa shape index (κ1) is 15.0. The maximum Gasteiger partial charge on any atom is 0.376 e. The molecule has 2 N–H and O–H groups in total. The normalized spacial score (nSPS) is 11.2. The van der Waals surface area contributed by atoms with Crippen LogP contribution in [0.5, 0.6) is 5.88 Å². The quantitative estimate of drug-likeness (QED) is 0.790. The van der Waals surface area contributed by atoms with Gasteiger partial charge in [-0.25, -0.2) is 4.98 Å². The van der Waals surface area contributed by atoms with Crippen LogP contribution in [0.4, 0.5) is 5.95 Å². The highest BCUT2D eigenvalue weighted by atomic mass is 32.5. The summed E-state index contributed by atoms with van der Waals surface area (Å²) in [6, 6.07) is 1.41. The number of hydrogen-bond acceptors (Lipinski definition) is 5. The first-order valence-corrected chi connectivity index (χ1v) is 7.74. The lowest BCUT2D eigenvalue weighted by Gasteiger charge is -2.18. The van der Waals surface area contributed by atoms with Gasteiger partial charge in [-0.15, -0.1) is 0 Å². The first-order chi connectivity index (χ1) is 8.23. The van der Waals surface area contributed by atoms with Crippen LogP contribution < -0.4 is 9.42 Å². The molecule has 1 rings (SSSR count). The lowest BCUT2D eigenvalue weighted by atomic mass is 10.4. The van der Waals surface area contributed by atoms with E-state index in [-0.39, 0.29) is 17.7 Å². The van der Waals surface area contributed by atoms with Gasteiger partial charge in [0.2, 0.25) is 17.7 Å². The van der Waals surface area contributed by atoms with Crippen LogP contribution in [0.25, 0.3) is 0 Å². The van der Waals surface area contributed by atoms with Crippen LogP contribution in [0, 0.1) is 6.92 Å². The minimum atomic E-state index is -3.85. The van der Waals surface area contributed by atoms with Crippen LogP contribution in [0.1, 0.15) is 19.5 Å². The number of aromatic nitrogens is 2. The molecule has 1 heterocycles. The number of hydrogen-bond donors (Lipinski definition) is 2. The number of nitrogens with zero attached hydrogens (tertiary/aromatic N) is 3. The minimum Gasteiger partial charge on any atom is -0.406 e. The van der Waals surface area contributed by atoms with Crippen molar-refractivity contribution in [2.75, 3.05) is 11.4 Å². The van der Waals surface area contributed by atoms with Gasteiger partial charge in [0.15, 0.2) is 0 Å². The summed E-state index contributed by atoms with van der Waals surface area (Å²) in [5, 5.41) is 0. The Morgan fingerprint density at radius 2 is 2.17 bits per heavy atom. The van der Waals surface area contributed by atoms with E-state index in [0.717, 1.165) is 0 Å². The van der Waals surface area contributed by atoms with Gasteiger partial charge in [0.1, 0.15) is 0 Å². The summed E-state index contributed by atoms with van der Waals surface area (Å²) < 4.78 is 4.75. The Balaban J connectivity index is 3.15. The highest BCUT2D eigenvalue weighted by molar-refractivity contribution is 8.06. The van der Waals surface area contributed by atoms with E-state index in [1.807, 2.05) is 0 Å². The summed E-state index contributed by atoms with van der Waals surface area (Å²) in [6.07, 6.45) is 0. The Kier molecular flexibility index (Phi) is 4.75. The van der Waals surface area contributed by atoms with Crippen LogP contribution in [0.15, 0.2) is 6.07 Å². The molecule has 1 aromatic heterocycles. The van der Waals surface area contributed by atoms with E-state index in [4.69, 9.17) is 14.3 Å². The largest absolute Gasteiger partial charge is 0.406 e. The Labute approximate surface area is 110 Å². The Hall–Kier alpha value is -1.08. The van der Waals surface area contributed by atoms with Gasteiger partial charge >= 0.3 is 6.72 Å². The van der Waals surface area contributed by atoms with Gasteiger partial charge in [-0.2, -0.15) is 4.98 Å². The SMILES string of the molecule is CCN(C(C)=O)c1nc(C)cc(OP(O)(O)=S)n1. The lowest BCUT2D eigenvalue weighted by molar-refractivity contribution is -0.116. The van der Waals surface area contributed by atoms with Crippen molar-refractivity contribution in [3.8, 4) is 5.88 Å². The van der Waals surface area contributed by atoms with Crippen molar-refractivity contribution < 1.29 is 19.1 Å². The van der Waals surface area contributed by atoms with Crippen molar-refractivity contribution in [3.05, 3.63) is 11.8 Å². The average Bonchev–Trinajstić information content (AvgIpc) is 2.13. The Morgan fingerprint density at radius 1 is 1.56 bits per heavy atom. The molecule has 0 bridgehead atoms. The van der Waals surface area contributed by atoms with E-state index in [1.54, 1.807) is 13.8 Å².